The van der Waals surface area contributed by atoms with E-state index in [0.717, 1.165) is 28.1 Å². The monoisotopic (exact) mass is 776 g/mol. The molecule has 3 saturated carbocycles. The lowest BCUT2D eigenvalue weighted by molar-refractivity contribution is -0.272. The van der Waals surface area contributed by atoms with E-state index in [2.05, 4.69) is 0 Å². The molecule has 0 unspecified atom stereocenters. The van der Waals surface area contributed by atoms with E-state index in [-0.39, 0.29) is 30.8 Å². The molecule has 0 amide bonds. The minimum Gasteiger partial charge on any atom is -0.468 e. The number of methoxy groups -OCH3 is 2. The topological polar surface area (TPSA) is 232 Å². The molecule has 13 atom stereocenters. The maximum atomic E-state index is 15.8. The molecule has 18 heteroatoms. The number of fused-ring (bicyclic) bond motifs is 5. The predicted molar refractivity (Wildman–Crippen MR) is 175 cm³/mol. The van der Waals surface area contributed by atoms with Gasteiger partial charge in [0.2, 0.25) is 0 Å². The van der Waals surface area contributed by atoms with Crippen LogP contribution in [-0.2, 0) is 80.9 Å². The second-order valence-electron chi connectivity index (χ2n) is 15.7. The average Bonchev–Trinajstić information content (AvgIpc) is 3.38. The number of ether oxygens (including phenoxy) is 10. The number of rotatable bonds is 7. The van der Waals surface area contributed by atoms with Crippen LogP contribution in [0.15, 0.2) is 11.6 Å². The lowest BCUT2D eigenvalue weighted by Gasteiger charge is -2.63. The number of carbonyl (C=O) groups is 8. The fourth-order valence-corrected chi connectivity index (χ4v) is 11.6. The van der Waals surface area contributed by atoms with Crippen LogP contribution in [0.4, 0.5) is 4.79 Å². The molecule has 3 aliphatic carbocycles. The van der Waals surface area contributed by atoms with Gasteiger partial charge in [-0.2, -0.15) is 0 Å². The van der Waals surface area contributed by atoms with Crippen molar-refractivity contribution in [2.45, 2.75) is 102 Å². The Hall–Kier alpha value is -4.42. The number of allylic oxidation sites excluding steroid dienone is 1. The molecule has 7 fully saturated rings. The van der Waals surface area contributed by atoms with Crippen molar-refractivity contribution in [3.63, 3.8) is 0 Å². The molecular formula is C37H44O18. The molecule has 0 aromatic rings. The van der Waals surface area contributed by atoms with Crippen molar-refractivity contribution in [3.8, 4) is 0 Å². The van der Waals surface area contributed by atoms with Gasteiger partial charge >= 0.3 is 41.8 Å². The van der Waals surface area contributed by atoms with Gasteiger partial charge in [-0.25, -0.2) is 14.4 Å². The van der Waals surface area contributed by atoms with Gasteiger partial charge in [0, 0.05) is 50.0 Å². The van der Waals surface area contributed by atoms with Crippen LogP contribution < -0.4 is 0 Å². The highest BCUT2D eigenvalue weighted by atomic mass is 16.8. The molecule has 0 N–H and O–H groups in total. The van der Waals surface area contributed by atoms with Gasteiger partial charge < -0.3 is 47.4 Å². The second-order valence-corrected chi connectivity index (χ2v) is 15.7. The van der Waals surface area contributed by atoms with E-state index < -0.39 is 137 Å². The first-order valence-corrected chi connectivity index (χ1v) is 18.1. The first-order chi connectivity index (χ1) is 25.8. The van der Waals surface area contributed by atoms with Gasteiger partial charge in [0.25, 0.3) is 0 Å². The molecule has 2 bridgehead atoms. The number of hydrogen-bond donors (Lipinski definition) is 0. The number of carbonyl (C=O) groups excluding carboxylic acids is 8. The molecule has 1 spiro atoms. The summed E-state index contributed by atoms with van der Waals surface area (Å²) in [6, 6.07) is 0. The maximum Gasteiger partial charge on any atom is 0.508 e. The van der Waals surface area contributed by atoms with Crippen molar-refractivity contribution in [2.24, 2.45) is 34.0 Å². The fourth-order valence-electron chi connectivity index (χ4n) is 11.6. The molecule has 18 nitrogen and oxygen atoms in total. The van der Waals surface area contributed by atoms with Crippen LogP contribution in [0.2, 0.25) is 0 Å². The zero-order valence-electron chi connectivity index (χ0n) is 31.7. The first-order valence-electron chi connectivity index (χ1n) is 18.1. The summed E-state index contributed by atoms with van der Waals surface area (Å²) in [4.78, 5) is 111. The molecule has 55 heavy (non-hydrogen) atoms. The molecule has 0 aromatic heterocycles. The van der Waals surface area contributed by atoms with E-state index in [0.29, 0.717) is 0 Å². The number of cyclic esters (lactones) is 1. The zero-order chi connectivity index (χ0) is 40.3. The Morgan fingerprint density at radius 2 is 1.56 bits per heavy atom. The Balaban J connectivity index is 1.58. The predicted octanol–water partition coefficient (Wildman–Crippen LogP) is 1.07. The largest absolute Gasteiger partial charge is 0.508 e. The van der Waals surface area contributed by atoms with Gasteiger partial charge in [0.05, 0.1) is 44.7 Å². The number of hydrogen-bond acceptors (Lipinski definition) is 18. The van der Waals surface area contributed by atoms with Crippen LogP contribution in [0.3, 0.4) is 0 Å². The third kappa shape index (κ3) is 4.64. The number of ketones is 2. The third-order valence-electron chi connectivity index (χ3n) is 13.6. The molecular weight excluding hydrogens is 732 g/mol. The Morgan fingerprint density at radius 1 is 0.873 bits per heavy atom. The lowest BCUT2D eigenvalue weighted by atomic mass is 9.37. The number of esters is 5. The smallest absolute Gasteiger partial charge is 0.468 e. The van der Waals surface area contributed by atoms with E-state index in [1.807, 2.05) is 0 Å². The van der Waals surface area contributed by atoms with Gasteiger partial charge in [-0.3, -0.25) is 24.0 Å². The van der Waals surface area contributed by atoms with E-state index in [4.69, 9.17) is 47.4 Å². The molecule has 4 aliphatic heterocycles. The highest BCUT2D eigenvalue weighted by molar-refractivity contribution is 5.98. The molecule has 300 valence electrons. The number of Topliss-reactive ketones (excluding diaryl/α,β-unsaturated/α-hetero) is 2. The van der Waals surface area contributed by atoms with Crippen LogP contribution in [0.25, 0.3) is 0 Å². The summed E-state index contributed by atoms with van der Waals surface area (Å²) in [5.74, 6) is -13.1. The van der Waals surface area contributed by atoms with Crippen molar-refractivity contribution < 1.29 is 85.7 Å². The normalized spacial score (nSPS) is 45.2. The molecule has 4 saturated heterocycles. The molecule has 4 heterocycles. The van der Waals surface area contributed by atoms with Crippen LogP contribution in [-0.4, -0.2) is 123 Å². The molecule has 0 aromatic carbocycles. The van der Waals surface area contributed by atoms with Gasteiger partial charge in [-0.15, -0.1) is 0 Å². The summed E-state index contributed by atoms with van der Waals surface area (Å²) in [6.07, 6.45) is -6.24. The van der Waals surface area contributed by atoms with Crippen molar-refractivity contribution >= 4 is 47.6 Å². The number of epoxide rings is 1. The summed E-state index contributed by atoms with van der Waals surface area (Å²) in [5.41, 5.74) is -9.48. The van der Waals surface area contributed by atoms with Crippen molar-refractivity contribution in [2.75, 3.05) is 34.0 Å². The first kappa shape index (κ1) is 38.8. The minimum atomic E-state index is -2.82. The SMILES string of the molecule is C/C=C(\C)C(=O)O[C@H]1C[C@@H](OC(C)=O)[C@@]2(C(=O)OC)CO[C@H]3C(=O)[C@@](C)([C@]45O[C@@]4(C)[C@H]4C[C@@H]5OC(=O)OCCC4=O)[C@@H]4[C@@](OC(C)=O)(C(=O)OC)OC[C@@]14[C@@H]32. The van der Waals surface area contributed by atoms with Crippen molar-refractivity contribution in [1.82, 2.24) is 0 Å². The van der Waals surface area contributed by atoms with E-state index >= 15 is 4.79 Å². The van der Waals surface area contributed by atoms with Crippen LogP contribution >= 0.6 is 0 Å². The highest BCUT2D eigenvalue weighted by Crippen LogP contribution is 2.81. The van der Waals surface area contributed by atoms with E-state index in [9.17, 15) is 33.6 Å². The fraction of sp³-hybridized carbons (Fsp3) is 0.730. The second kappa shape index (κ2) is 12.5. The zero-order valence-corrected chi connectivity index (χ0v) is 31.7. The molecule has 7 aliphatic rings. The lowest BCUT2D eigenvalue weighted by Crippen LogP contribution is -2.78. The van der Waals surface area contributed by atoms with E-state index in [1.54, 1.807) is 13.8 Å². The quantitative estimate of drug-likeness (QED) is 0.152. The van der Waals surface area contributed by atoms with E-state index in [1.165, 1.54) is 19.9 Å². The summed E-state index contributed by atoms with van der Waals surface area (Å²) >= 11 is 0. The summed E-state index contributed by atoms with van der Waals surface area (Å²) < 4.78 is 58.9. The highest BCUT2D eigenvalue weighted by Gasteiger charge is 2.97. The van der Waals surface area contributed by atoms with Gasteiger partial charge in [-0.1, -0.05) is 6.08 Å². The van der Waals surface area contributed by atoms with Gasteiger partial charge in [-0.05, 0) is 27.7 Å². The Morgan fingerprint density at radius 3 is 2.18 bits per heavy atom. The maximum absolute atomic E-state index is 15.8. The van der Waals surface area contributed by atoms with Crippen LogP contribution in [0.1, 0.15) is 60.8 Å². The third-order valence-corrected chi connectivity index (χ3v) is 13.6. The molecule has 7 rings (SSSR count). The van der Waals surface area contributed by atoms with Crippen molar-refractivity contribution in [3.05, 3.63) is 11.6 Å². The summed E-state index contributed by atoms with van der Waals surface area (Å²) in [6.45, 7) is 6.77. The standard InChI is InChI=1S/C37H44O18/c1-9-16(2)27(42)52-21-13-22(51-17(3)38)35(29(43)46-7)14-49-24-25(35)34(21)15-50-36(30(44)47-8,54-18(4)39)28(34)32(5,26(24)41)37-23-12-19(33(37,6)55-37)20(40)10-11-48-31(45)53-23/h9,19,21-25,28H,10-15H2,1-8H3/b16-9+/t19-,21-,22+,23-,24+,25+,28-,32+,33-,34-,35-,36+,37-/m0/s1. The Labute approximate surface area is 315 Å². The molecule has 0 radical (unpaired) electrons. The van der Waals surface area contributed by atoms with Crippen molar-refractivity contribution in [1.29, 1.82) is 0 Å². The van der Waals surface area contributed by atoms with Crippen LogP contribution in [0, 0.1) is 34.0 Å². The Bertz CT molecular complexity index is 1820. The Kier molecular flexibility index (Phi) is 8.86. The average molecular weight is 777 g/mol. The summed E-state index contributed by atoms with van der Waals surface area (Å²) in [7, 11) is 2.10. The minimum absolute atomic E-state index is 0.110. The van der Waals surface area contributed by atoms with Gasteiger partial charge in [0.15, 0.2) is 5.78 Å². The van der Waals surface area contributed by atoms with Crippen LogP contribution in [0.5, 0.6) is 0 Å². The summed E-state index contributed by atoms with van der Waals surface area (Å²) in [5, 5.41) is 0. The van der Waals surface area contributed by atoms with Gasteiger partial charge in [0.1, 0.15) is 53.4 Å².